The van der Waals surface area contributed by atoms with Crippen molar-refractivity contribution < 1.29 is 9.53 Å². The van der Waals surface area contributed by atoms with Crippen molar-refractivity contribution >= 4 is 33.5 Å². The lowest BCUT2D eigenvalue weighted by molar-refractivity contribution is 0.0249. The molecule has 1 heterocycles. The SMILES string of the molecule is O=C1O[C@@H](c2ccccc2)[C@H](Br)c2cc(Cl)ccc21. The molecule has 0 amide bonds. The summed E-state index contributed by atoms with van der Waals surface area (Å²) in [4.78, 5) is 11.9. The van der Waals surface area contributed by atoms with Crippen molar-refractivity contribution in [3.05, 3.63) is 70.2 Å². The molecule has 1 aliphatic rings. The fourth-order valence-corrected chi connectivity index (χ4v) is 3.20. The number of hydrogen-bond donors (Lipinski definition) is 0. The van der Waals surface area contributed by atoms with E-state index in [1.807, 2.05) is 36.4 Å². The zero-order chi connectivity index (χ0) is 13.4. The van der Waals surface area contributed by atoms with E-state index in [4.69, 9.17) is 16.3 Å². The first-order valence-electron chi connectivity index (χ1n) is 5.86. The summed E-state index contributed by atoms with van der Waals surface area (Å²) < 4.78 is 5.52. The van der Waals surface area contributed by atoms with Gasteiger partial charge >= 0.3 is 5.97 Å². The highest BCUT2D eigenvalue weighted by molar-refractivity contribution is 9.09. The smallest absolute Gasteiger partial charge is 0.339 e. The zero-order valence-electron chi connectivity index (χ0n) is 9.85. The van der Waals surface area contributed by atoms with Crippen LogP contribution in [0.1, 0.15) is 32.4 Å². The van der Waals surface area contributed by atoms with Gasteiger partial charge < -0.3 is 4.74 Å². The minimum Gasteiger partial charge on any atom is -0.452 e. The molecule has 1 aliphatic heterocycles. The van der Waals surface area contributed by atoms with Crippen LogP contribution in [0.3, 0.4) is 0 Å². The molecule has 0 aromatic heterocycles. The van der Waals surface area contributed by atoms with E-state index in [9.17, 15) is 4.79 Å². The van der Waals surface area contributed by atoms with E-state index in [1.165, 1.54) is 0 Å². The number of fused-ring (bicyclic) bond motifs is 1. The lowest BCUT2D eigenvalue weighted by Crippen LogP contribution is -2.23. The van der Waals surface area contributed by atoms with Crippen LogP contribution in [0.4, 0.5) is 0 Å². The molecule has 0 spiro atoms. The molecule has 0 unspecified atom stereocenters. The molecule has 0 N–H and O–H groups in total. The highest BCUT2D eigenvalue weighted by Crippen LogP contribution is 2.44. The first-order valence-corrected chi connectivity index (χ1v) is 7.15. The zero-order valence-corrected chi connectivity index (χ0v) is 12.2. The normalized spacial score (nSPS) is 21.7. The van der Waals surface area contributed by atoms with Crippen molar-refractivity contribution in [2.24, 2.45) is 0 Å². The Morgan fingerprint density at radius 3 is 2.58 bits per heavy atom. The molecule has 2 aromatic rings. The number of halogens is 2. The van der Waals surface area contributed by atoms with Gasteiger partial charge in [0.05, 0.1) is 10.4 Å². The lowest BCUT2D eigenvalue weighted by atomic mass is 9.94. The number of benzene rings is 2. The monoisotopic (exact) mass is 336 g/mol. The highest BCUT2D eigenvalue weighted by atomic mass is 79.9. The van der Waals surface area contributed by atoms with E-state index in [0.29, 0.717) is 10.6 Å². The van der Waals surface area contributed by atoms with Gasteiger partial charge in [-0.2, -0.15) is 0 Å². The Bertz CT molecular complexity index is 627. The Morgan fingerprint density at radius 2 is 1.84 bits per heavy atom. The summed E-state index contributed by atoms with van der Waals surface area (Å²) in [6.45, 7) is 0. The molecule has 0 radical (unpaired) electrons. The van der Waals surface area contributed by atoms with Crippen LogP contribution in [0.5, 0.6) is 0 Å². The van der Waals surface area contributed by atoms with Gasteiger partial charge in [0.25, 0.3) is 0 Å². The van der Waals surface area contributed by atoms with Crippen LogP contribution >= 0.6 is 27.5 Å². The fourth-order valence-electron chi connectivity index (χ4n) is 2.23. The molecule has 0 fully saturated rings. The van der Waals surface area contributed by atoms with Crippen molar-refractivity contribution in [2.75, 3.05) is 0 Å². The van der Waals surface area contributed by atoms with Crippen LogP contribution in [-0.4, -0.2) is 5.97 Å². The molecule has 0 saturated heterocycles. The predicted molar refractivity (Wildman–Crippen MR) is 77.7 cm³/mol. The summed E-state index contributed by atoms with van der Waals surface area (Å²) in [5.74, 6) is -0.309. The summed E-state index contributed by atoms with van der Waals surface area (Å²) in [7, 11) is 0. The minimum atomic E-state index is -0.334. The topological polar surface area (TPSA) is 26.3 Å². The molecule has 2 nitrogen and oxygen atoms in total. The molecule has 96 valence electrons. The Labute approximate surface area is 124 Å². The van der Waals surface area contributed by atoms with Gasteiger partial charge in [-0.3, -0.25) is 0 Å². The van der Waals surface area contributed by atoms with E-state index in [1.54, 1.807) is 12.1 Å². The molecule has 0 saturated carbocycles. The summed E-state index contributed by atoms with van der Waals surface area (Å²) in [6, 6.07) is 14.9. The van der Waals surface area contributed by atoms with Crippen molar-refractivity contribution in [1.29, 1.82) is 0 Å². The lowest BCUT2D eigenvalue weighted by Gasteiger charge is -2.29. The largest absolute Gasteiger partial charge is 0.452 e. The molecular formula is C15H10BrClO2. The van der Waals surface area contributed by atoms with Crippen LogP contribution in [-0.2, 0) is 4.74 Å². The second kappa shape index (κ2) is 4.99. The number of alkyl halides is 1. The number of esters is 1. The van der Waals surface area contributed by atoms with Crippen molar-refractivity contribution in [2.45, 2.75) is 10.9 Å². The summed E-state index contributed by atoms with van der Waals surface area (Å²) in [6.07, 6.45) is -0.334. The Kier molecular flexibility index (Phi) is 3.33. The third-order valence-corrected chi connectivity index (χ3v) is 4.37. The maximum atomic E-state index is 12.0. The third-order valence-electron chi connectivity index (χ3n) is 3.16. The summed E-state index contributed by atoms with van der Waals surface area (Å²) in [5.41, 5.74) is 2.40. The number of ether oxygens (including phenoxy) is 1. The van der Waals surface area contributed by atoms with Crippen LogP contribution in [0, 0.1) is 0 Å². The molecule has 2 aromatic carbocycles. The average Bonchev–Trinajstić information content (AvgIpc) is 2.43. The first kappa shape index (κ1) is 12.7. The van der Waals surface area contributed by atoms with E-state index in [-0.39, 0.29) is 16.9 Å². The molecule has 3 rings (SSSR count). The minimum absolute atomic E-state index is 0.0960. The Morgan fingerprint density at radius 1 is 1.11 bits per heavy atom. The second-order valence-electron chi connectivity index (χ2n) is 4.37. The van der Waals surface area contributed by atoms with Crippen LogP contribution in [0.15, 0.2) is 48.5 Å². The van der Waals surface area contributed by atoms with E-state index in [0.717, 1.165) is 11.1 Å². The first-order chi connectivity index (χ1) is 9.16. The van der Waals surface area contributed by atoms with Gasteiger partial charge in [-0.05, 0) is 29.3 Å². The van der Waals surface area contributed by atoms with Crippen LogP contribution in [0.2, 0.25) is 5.02 Å². The Balaban J connectivity index is 2.07. The van der Waals surface area contributed by atoms with Crippen molar-refractivity contribution in [1.82, 2.24) is 0 Å². The molecule has 0 bridgehead atoms. The molecule has 0 aliphatic carbocycles. The highest BCUT2D eigenvalue weighted by Gasteiger charge is 2.35. The molecule has 2 atom stereocenters. The van der Waals surface area contributed by atoms with E-state index < -0.39 is 0 Å². The summed E-state index contributed by atoms with van der Waals surface area (Å²) >= 11 is 9.63. The molecular weight excluding hydrogens is 328 g/mol. The van der Waals surface area contributed by atoms with Gasteiger partial charge in [0, 0.05) is 5.02 Å². The van der Waals surface area contributed by atoms with E-state index in [2.05, 4.69) is 15.9 Å². The fraction of sp³-hybridized carbons (Fsp3) is 0.133. The maximum absolute atomic E-state index is 12.0. The third kappa shape index (κ3) is 2.28. The number of cyclic esters (lactones) is 1. The molecule has 19 heavy (non-hydrogen) atoms. The number of carbonyl (C=O) groups is 1. The summed E-state index contributed by atoms with van der Waals surface area (Å²) in [5, 5.41) is 0.615. The maximum Gasteiger partial charge on any atom is 0.339 e. The Hall–Kier alpha value is -1.32. The van der Waals surface area contributed by atoms with Gasteiger partial charge in [0.15, 0.2) is 0 Å². The van der Waals surface area contributed by atoms with Crippen molar-refractivity contribution in [3.63, 3.8) is 0 Å². The van der Waals surface area contributed by atoms with Crippen molar-refractivity contribution in [3.8, 4) is 0 Å². The van der Waals surface area contributed by atoms with E-state index >= 15 is 0 Å². The van der Waals surface area contributed by atoms with Gasteiger partial charge in [-0.25, -0.2) is 4.79 Å². The van der Waals surface area contributed by atoms with Gasteiger partial charge in [-0.15, -0.1) is 0 Å². The predicted octanol–water partition coefficient (Wildman–Crippen LogP) is 4.69. The number of rotatable bonds is 1. The second-order valence-corrected chi connectivity index (χ2v) is 5.79. The van der Waals surface area contributed by atoms with Gasteiger partial charge in [-0.1, -0.05) is 57.9 Å². The van der Waals surface area contributed by atoms with Crippen LogP contribution < -0.4 is 0 Å². The number of hydrogen-bond acceptors (Lipinski definition) is 2. The quantitative estimate of drug-likeness (QED) is 0.557. The molecule has 4 heteroatoms. The number of carbonyl (C=O) groups excluding carboxylic acids is 1. The van der Waals surface area contributed by atoms with Gasteiger partial charge in [0.2, 0.25) is 0 Å². The van der Waals surface area contributed by atoms with Crippen LogP contribution in [0.25, 0.3) is 0 Å². The standard InChI is InChI=1S/C15H10BrClO2/c16-13-12-8-10(17)6-7-11(12)15(18)19-14(13)9-4-2-1-3-5-9/h1-8,13-14H/t13-,14+/m1/s1. The van der Waals surface area contributed by atoms with Gasteiger partial charge in [0.1, 0.15) is 6.10 Å². The average molecular weight is 338 g/mol.